The molecule has 0 radical (unpaired) electrons. The molecule has 1 saturated carbocycles. The van der Waals surface area contributed by atoms with Gasteiger partial charge in [-0.3, -0.25) is 4.79 Å². The third-order valence-electron chi connectivity index (χ3n) is 1.69. The topological polar surface area (TPSA) is 26.3 Å². The maximum atomic E-state index is 11.1. The van der Waals surface area contributed by atoms with Crippen molar-refractivity contribution in [3.05, 3.63) is 12.3 Å². The van der Waals surface area contributed by atoms with Crippen LogP contribution in [0, 0.1) is 17.4 Å². The molecule has 0 spiro atoms. The standard InChI is InChI=1S/C11H16O2Si/c1-14(2,3)9-5-4-8-13-11(12)10-6-7-10/h4,8,10H,6-7H2,1-3H3/b8-4+. The lowest BCUT2D eigenvalue weighted by molar-refractivity contribution is -0.139. The number of hydrogen-bond acceptors (Lipinski definition) is 2. The Labute approximate surface area is 86.3 Å². The van der Waals surface area contributed by atoms with Crippen LogP contribution in [0.4, 0.5) is 0 Å². The van der Waals surface area contributed by atoms with E-state index in [-0.39, 0.29) is 11.9 Å². The zero-order valence-electron chi connectivity index (χ0n) is 8.96. The highest BCUT2D eigenvalue weighted by Gasteiger charge is 2.30. The number of ether oxygens (including phenoxy) is 1. The molecule has 0 aromatic rings. The molecular weight excluding hydrogens is 192 g/mol. The fourth-order valence-corrected chi connectivity index (χ4v) is 1.32. The zero-order chi connectivity index (χ0) is 10.6. The lowest BCUT2D eigenvalue weighted by atomic mass is 10.4. The Morgan fingerprint density at radius 3 is 2.57 bits per heavy atom. The lowest BCUT2D eigenvalue weighted by Crippen LogP contribution is -2.16. The molecule has 0 unspecified atom stereocenters. The molecule has 0 saturated heterocycles. The van der Waals surface area contributed by atoms with Crippen LogP contribution >= 0.6 is 0 Å². The Hall–Kier alpha value is -1.01. The molecule has 0 aromatic heterocycles. The lowest BCUT2D eigenvalue weighted by Gasteiger charge is -2.02. The number of esters is 1. The summed E-state index contributed by atoms with van der Waals surface area (Å²) in [7, 11) is -1.30. The summed E-state index contributed by atoms with van der Waals surface area (Å²) in [5.74, 6) is 2.94. The molecule has 0 amide bonds. The first kappa shape index (κ1) is 11.1. The average Bonchev–Trinajstić information content (AvgIpc) is 2.83. The molecule has 0 aliphatic heterocycles. The van der Waals surface area contributed by atoms with Crippen LogP contribution in [0.5, 0.6) is 0 Å². The zero-order valence-corrected chi connectivity index (χ0v) is 9.96. The van der Waals surface area contributed by atoms with E-state index in [9.17, 15) is 4.79 Å². The molecule has 76 valence electrons. The highest BCUT2D eigenvalue weighted by atomic mass is 28.3. The van der Waals surface area contributed by atoms with Crippen molar-refractivity contribution in [2.45, 2.75) is 32.5 Å². The van der Waals surface area contributed by atoms with Gasteiger partial charge in [-0.05, 0) is 12.8 Å². The van der Waals surface area contributed by atoms with E-state index < -0.39 is 8.07 Å². The molecule has 0 bridgehead atoms. The van der Waals surface area contributed by atoms with Crippen molar-refractivity contribution in [1.29, 1.82) is 0 Å². The fraction of sp³-hybridized carbons (Fsp3) is 0.545. The molecule has 1 rings (SSSR count). The summed E-state index contributed by atoms with van der Waals surface area (Å²) >= 11 is 0. The molecule has 14 heavy (non-hydrogen) atoms. The molecule has 3 heteroatoms. The van der Waals surface area contributed by atoms with Crippen molar-refractivity contribution in [2.24, 2.45) is 5.92 Å². The Bertz CT molecular complexity index is 297. The number of hydrogen-bond donors (Lipinski definition) is 0. The summed E-state index contributed by atoms with van der Waals surface area (Å²) < 4.78 is 4.87. The number of allylic oxidation sites excluding steroid dienone is 1. The number of rotatable bonds is 2. The Kier molecular flexibility index (Phi) is 3.53. The number of carbonyl (C=O) groups excluding carboxylic acids is 1. The van der Waals surface area contributed by atoms with Gasteiger partial charge in [0.25, 0.3) is 0 Å². The van der Waals surface area contributed by atoms with Crippen LogP contribution in [0.15, 0.2) is 12.3 Å². The molecule has 1 aliphatic carbocycles. The maximum Gasteiger partial charge on any atom is 0.313 e. The average molecular weight is 208 g/mol. The van der Waals surface area contributed by atoms with Crippen LogP contribution in [0.2, 0.25) is 19.6 Å². The van der Waals surface area contributed by atoms with E-state index in [0.717, 1.165) is 12.8 Å². The minimum atomic E-state index is -1.30. The molecule has 1 fully saturated rings. The van der Waals surface area contributed by atoms with E-state index in [1.54, 1.807) is 6.08 Å². The van der Waals surface area contributed by atoms with Gasteiger partial charge in [0.05, 0.1) is 5.92 Å². The van der Waals surface area contributed by atoms with E-state index in [4.69, 9.17) is 4.74 Å². The van der Waals surface area contributed by atoms with Crippen LogP contribution < -0.4 is 0 Å². The molecule has 0 aromatic carbocycles. The fourth-order valence-electron chi connectivity index (χ4n) is 0.809. The molecular formula is C11H16O2Si. The normalized spacial score (nSPS) is 16.2. The molecule has 0 N–H and O–H groups in total. The van der Waals surface area contributed by atoms with Gasteiger partial charge in [-0.1, -0.05) is 25.6 Å². The summed E-state index contributed by atoms with van der Waals surface area (Å²) in [6.07, 6.45) is 4.97. The van der Waals surface area contributed by atoms with Crippen molar-refractivity contribution in [3.63, 3.8) is 0 Å². The van der Waals surface area contributed by atoms with E-state index in [0.29, 0.717) is 0 Å². The second-order valence-corrected chi connectivity index (χ2v) is 9.28. The van der Waals surface area contributed by atoms with Crippen LogP contribution in [-0.2, 0) is 9.53 Å². The van der Waals surface area contributed by atoms with E-state index in [1.165, 1.54) is 6.26 Å². The van der Waals surface area contributed by atoms with Gasteiger partial charge >= 0.3 is 5.97 Å². The smallest absolute Gasteiger partial charge is 0.313 e. The Balaban J connectivity index is 2.25. The summed E-state index contributed by atoms with van der Waals surface area (Å²) in [4.78, 5) is 11.1. The molecule has 1 aliphatic rings. The Morgan fingerprint density at radius 2 is 2.07 bits per heavy atom. The van der Waals surface area contributed by atoms with E-state index in [1.807, 2.05) is 0 Å². The van der Waals surface area contributed by atoms with Gasteiger partial charge in [0, 0.05) is 6.08 Å². The SMILES string of the molecule is C[Si](C)(C)C#C/C=C/OC(=O)C1CC1. The van der Waals surface area contributed by atoms with Gasteiger partial charge < -0.3 is 4.74 Å². The third-order valence-corrected chi connectivity index (χ3v) is 2.59. The summed E-state index contributed by atoms with van der Waals surface area (Å²) in [5.41, 5.74) is 3.15. The predicted molar refractivity (Wildman–Crippen MR) is 59.1 cm³/mol. The van der Waals surface area contributed by atoms with Crippen LogP contribution in [0.3, 0.4) is 0 Å². The highest BCUT2D eigenvalue weighted by molar-refractivity contribution is 6.83. The van der Waals surface area contributed by atoms with Crippen LogP contribution in [0.25, 0.3) is 0 Å². The molecule has 0 heterocycles. The van der Waals surface area contributed by atoms with E-state index >= 15 is 0 Å². The minimum absolute atomic E-state index is 0.115. The van der Waals surface area contributed by atoms with Crippen molar-refractivity contribution < 1.29 is 9.53 Å². The van der Waals surface area contributed by atoms with Gasteiger partial charge in [0.2, 0.25) is 0 Å². The first-order chi connectivity index (χ1) is 6.49. The van der Waals surface area contributed by atoms with E-state index in [2.05, 4.69) is 31.1 Å². The highest BCUT2D eigenvalue weighted by Crippen LogP contribution is 2.29. The quantitative estimate of drug-likeness (QED) is 0.301. The van der Waals surface area contributed by atoms with Gasteiger partial charge in [0.1, 0.15) is 14.3 Å². The second-order valence-electron chi connectivity index (χ2n) is 4.53. The molecule has 0 atom stereocenters. The van der Waals surface area contributed by atoms with Crippen molar-refractivity contribution in [3.8, 4) is 11.5 Å². The van der Waals surface area contributed by atoms with Crippen molar-refractivity contribution in [2.75, 3.05) is 0 Å². The Morgan fingerprint density at radius 1 is 1.43 bits per heavy atom. The van der Waals surface area contributed by atoms with Crippen LogP contribution in [0.1, 0.15) is 12.8 Å². The van der Waals surface area contributed by atoms with Gasteiger partial charge in [-0.15, -0.1) is 5.54 Å². The summed E-state index contributed by atoms with van der Waals surface area (Å²) in [5, 5.41) is 0. The van der Waals surface area contributed by atoms with Gasteiger partial charge in [-0.2, -0.15) is 0 Å². The maximum absolute atomic E-state index is 11.1. The summed E-state index contributed by atoms with van der Waals surface area (Å²) in [6, 6.07) is 0. The summed E-state index contributed by atoms with van der Waals surface area (Å²) in [6.45, 7) is 6.51. The van der Waals surface area contributed by atoms with Crippen LogP contribution in [-0.4, -0.2) is 14.0 Å². The van der Waals surface area contributed by atoms with Crippen molar-refractivity contribution in [1.82, 2.24) is 0 Å². The van der Waals surface area contributed by atoms with Gasteiger partial charge in [-0.25, -0.2) is 0 Å². The van der Waals surface area contributed by atoms with Gasteiger partial charge in [0.15, 0.2) is 0 Å². The minimum Gasteiger partial charge on any atom is -0.434 e. The van der Waals surface area contributed by atoms with Crippen molar-refractivity contribution >= 4 is 14.0 Å². The first-order valence-corrected chi connectivity index (χ1v) is 8.37. The monoisotopic (exact) mass is 208 g/mol. The molecule has 2 nitrogen and oxygen atoms in total. The predicted octanol–water partition coefficient (Wildman–Crippen LogP) is 2.33. The second kappa shape index (κ2) is 4.47. The number of carbonyl (C=O) groups is 1. The largest absolute Gasteiger partial charge is 0.434 e. The first-order valence-electron chi connectivity index (χ1n) is 4.87. The third kappa shape index (κ3) is 4.88.